The average Bonchev–Trinajstić information content (AvgIpc) is 3.37. The molecule has 7 nitrogen and oxygen atoms in total. The first-order chi connectivity index (χ1) is 13.5. The van der Waals surface area contributed by atoms with Crippen LogP contribution in [0.1, 0.15) is 54.4 Å². The highest BCUT2D eigenvalue weighted by molar-refractivity contribution is 5.93. The molecule has 4 heterocycles. The molecule has 1 amide bonds. The number of piperidine rings is 1. The third kappa shape index (κ3) is 2.60. The number of ether oxygens (including phenoxy) is 2. The maximum absolute atomic E-state index is 13.3. The summed E-state index contributed by atoms with van der Waals surface area (Å²) >= 11 is 0. The average molecular weight is 383 g/mol. The SMILES string of the molecule is CCc1cc(C(=O)N2[C@H]3CC[C@H]2CC(O)(c2ccc4c(c2)OCO4)C3)n(C)n1. The molecule has 1 aromatic carbocycles. The Kier molecular flexibility index (Phi) is 3.91. The predicted octanol–water partition coefficient (Wildman–Crippen LogP) is 2.37. The van der Waals surface area contributed by atoms with E-state index in [4.69, 9.17) is 9.47 Å². The fourth-order valence-electron chi connectivity index (χ4n) is 5.01. The van der Waals surface area contributed by atoms with Crippen molar-refractivity contribution in [1.29, 1.82) is 0 Å². The minimum Gasteiger partial charge on any atom is -0.454 e. The van der Waals surface area contributed by atoms with Crippen LogP contribution in [-0.4, -0.2) is 44.6 Å². The van der Waals surface area contributed by atoms with Crippen LogP contribution in [0, 0.1) is 0 Å². The van der Waals surface area contributed by atoms with Gasteiger partial charge < -0.3 is 19.5 Å². The van der Waals surface area contributed by atoms with Crippen molar-refractivity contribution >= 4 is 5.91 Å². The van der Waals surface area contributed by atoms with E-state index in [1.165, 1.54) is 0 Å². The zero-order valence-corrected chi connectivity index (χ0v) is 16.2. The van der Waals surface area contributed by atoms with Gasteiger partial charge >= 0.3 is 0 Å². The van der Waals surface area contributed by atoms with E-state index in [9.17, 15) is 9.90 Å². The van der Waals surface area contributed by atoms with Gasteiger partial charge in [0.25, 0.3) is 5.91 Å². The van der Waals surface area contributed by atoms with Gasteiger partial charge in [0.1, 0.15) is 5.69 Å². The summed E-state index contributed by atoms with van der Waals surface area (Å²) in [7, 11) is 1.82. The first-order valence-electron chi connectivity index (χ1n) is 9.96. The van der Waals surface area contributed by atoms with Crippen LogP contribution in [0.25, 0.3) is 0 Å². The zero-order valence-electron chi connectivity index (χ0n) is 16.2. The van der Waals surface area contributed by atoms with Crippen molar-refractivity contribution in [2.75, 3.05) is 6.79 Å². The standard InChI is InChI=1S/C21H25N3O4/c1-3-14-9-17(23(2)22-14)20(25)24-15-5-6-16(24)11-21(26,10-15)13-4-7-18-19(8-13)28-12-27-18/h4,7-9,15-16,26H,3,5-6,10-12H2,1-2H3/t15-,16-/m0/s1. The van der Waals surface area contributed by atoms with E-state index in [0.29, 0.717) is 30.0 Å². The summed E-state index contributed by atoms with van der Waals surface area (Å²) in [4.78, 5) is 15.2. The van der Waals surface area contributed by atoms with Gasteiger partial charge in [-0.1, -0.05) is 13.0 Å². The summed E-state index contributed by atoms with van der Waals surface area (Å²) in [6.45, 7) is 2.25. The lowest BCUT2D eigenvalue weighted by Gasteiger charge is -2.44. The zero-order chi connectivity index (χ0) is 19.5. The molecule has 2 fully saturated rings. The quantitative estimate of drug-likeness (QED) is 0.881. The van der Waals surface area contributed by atoms with Crippen LogP contribution in [0.3, 0.4) is 0 Å². The number of carbonyl (C=O) groups excluding carboxylic acids is 1. The maximum Gasteiger partial charge on any atom is 0.272 e. The van der Waals surface area contributed by atoms with Crippen LogP contribution in [0.2, 0.25) is 0 Å². The first kappa shape index (κ1) is 17.6. The van der Waals surface area contributed by atoms with Crippen LogP contribution >= 0.6 is 0 Å². The molecule has 1 aromatic heterocycles. The Labute approximate surface area is 163 Å². The molecule has 148 valence electrons. The number of fused-ring (bicyclic) bond motifs is 3. The molecule has 1 N–H and O–H groups in total. The van der Waals surface area contributed by atoms with E-state index in [1.54, 1.807) is 4.68 Å². The van der Waals surface area contributed by atoms with E-state index in [1.807, 2.05) is 43.1 Å². The highest BCUT2D eigenvalue weighted by atomic mass is 16.7. The summed E-state index contributed by atoms with van der Waals surface area (Å²) in [6.07, 6.45) is 3.71. The number of aryl methyl sites for hydroxylation is 2. The Bertz CT molecular complexity index is 924. The largest absolute Gasteiger partial charge is 0.454 e. The molecule has 7 heteroatoms. The summed E-state index contributed by atoms with van der Waals surface area (Å²) < 4.78 is 12.5. The van der Waals surface area contributed by atoms with Crippen molar-refractivity contribution in [2.24, 2.45) is 7.05 Å². The van der Waals surface area contributed by atoms with Crippen LogP contribution in [0.5, 0.6) is 11.5 Å². The fraction of sp³-hybridized carbons (Fsp3) is 0.524. The van der Waals surface area contributed by atoms with Gasteiger partial charge in [0.2, 0.25) is 6.79 Å². The highest BCUT2D eigenvalue weighted by Crippen LogP contribution is 2.48. The molecule has 0 spiro atoms. The second-order valence-electron chi connectivity index (χ2n) is 8.10. The summed E-state index contributed by atoms with van der Waals surface area (Å²) in [6, 6.07) is 7.60. The van der Waals surface area contributed by atoms with E-state index in [2.05, 4.69) is 5.10 Å². The second-order valence-corrected chi connectivity index (χ2v) is 8.10. The first-order valence-corrected chi connectivity index (χ1v) is 9.96. The van der Waals surface area contributed by atoms with Crippen molar-refractivity contribution in [3.8, 4) is 11.5 Å². The van der Waals surface area contributed by atoms with E-state index in [-0.39, 0.29) is 24.8 Å². The van der Waals surface area contributed by atoms with Crippen molar-refractivity contribution in [3.63, 3.8) is 0 Å². The molecule has 2 bridgehead atoms. The van der Waals surface area contributed by atoms with Gasteiger partial charge in [0, 0.05) is 32.0 Å². The van der Waals surface area contributed by atoms with Crippen LogP contribution in [-0.2, 0) is 19.1 Å². The van der Waals surface area contributed by atoms with Crippen LogP contribution in [0.15, 0.2) is 24.3 Å². The number of amides is 1. The van der Waals surface area contributed by atoms with Gasteiger partial charge in [0.05, 0.1) is 11.3 Å². The molecule has 3 aliphatic rings. The minimum absolute atomic E-state index is 0.0231. The topological polar surface area (TPSA) is 76.8 Å². The second kappa shape index (κ2) is 6.24. The summed E-state index contributed by atoms with van der Waals surface area (Å²) in [5.41, 5.74) is 1.44. The lowest BCUT2D eigenvalue weighted by atomic mass is 9.80. The van der Waals surface area contributed by atoms with E-state index < -0.39 is 5.60 Å². The lowest BCUT2D eigenvalue weighted by Crippen LogP contribution is -2.52. The van der Waals surface area contributed by atoms with Gasteiger partial charge in [-0.2, -0.15) is 5.10 Å². The number of hydrogen-bond donors (Lipinski definition) is 1. The molecular weight excluding hydrogens is 358 g/mol. The molecule has 28 heavy (non-hydrogen) atoms. The number of aliphatic hydroxyl groups is 1. The Morgan fingerprint density at radius 2 is 1.93 bits per heavy atom. The van der Waals surface area contributed by atoms with Gasteiger partial charge in [0.15, 0.2) is 11.5 Å². The van der Waals surface area contributed by atoms with Gasteiger partial charge in [-0.05, 0) is 43.0 Å². The van der Waals surface area contributed by atoms with Crippen molar-refractivity contribution in [1.82, 2.24) is 14.7 Å². The van der Waals surface area contributed by atoms with Crippen LogP contribution < -0.4 is 9.47 Å². The number of rotatable bonds is 3. The van der Waals surface area contributed by atoms with Crippen molar-refractivity contribution in [3.05, 3.63) is 41.2 Å². The smallest absolute Gasteiger partial charge is 0.272 e. The molecule has 2 aromatic rings. The van der Waals surface area contributed by atoms with E-state index >= 15 is 0 Å². The minimum atomic E-state index is -0.954. The Hall–Kier alpha value is -2.54. The van der Waals surface area contributed by atoms with Gasteiger partial charge in [-0.25, -0.2) is 0 Å². The number of aromatic nitrogens is 2. The summed E-state index contributed by atoms with van der Waals surface area (Å²) in [5, 5.41) is 15.9. The Morgan fingerprint density at radius 1 is 1.21 bits per heavy atom. The molecular formula is C21H25N3O4. The number of carbonyl (C=O) groups is 1. The van der Waals surface area contributed by atoms with Gasteiger partial charge in [-0.15, -0.1) is 0 Å². The highest BCUT2D eigenvalue weighted by Gasteiger charge is 2.50. The molecule has 2 saturated heterocycles. The Balaban J connectivity index is 1.41. The van der Waals surface area contributed by atoms with E-state index in [0.717, 1.165) is 30.5 Å². The molecule has 3 aliphatic heterocycles. The third-order valence-electron chi connectivity index (χ3n) is 6.42. The predicted molar refractivity (Wildman–Crippen MR) is 101 cm³/mol. The van der Waals surface area contributed by atoms with Crippen molar-refractivity contribution < 1.29 is 19.4 Å². The molecule has 0 saturated carbocycles. The van der Waals surface area contributed by atoms with Crippen LogP contribution in [0.4, 0.5) is 0 Å². The molecule has 0 unspecified atom stereocenters. The fourth-order valence-corrected chi connectivity index (χ4v) is 5.01. The normalized spacial score (nSPS) is 28.0. The van der Waals surface area contributed by atoms with Gasteiger partial charge in [-0.3, -0.25) is 9.48 Å². The molecule has 0 radical (unpaired) electrons. The number of hydrogen-bond acceptors (Lipinski definition) is 5. The third-order valence-corrected chi connectivity index (χ3v) is 6.42. The molecule has 2 atom stereocenters. The van der Waals surface area contributed by atoms with Crippen molar-refractivity contribution in [2.45, 2.75) is 56.7 Å². The summed E-state index contributed by atoms with van der Waals surface area (Å²) in [5.74, 6) is 1.42. The number of nitrogens with zero attached hydrogens (tertiary/aromatic N) is 3. The maximum atomic E-state index is 13.3. The monoisotopic (exact) mass is 383 g/mol. The Morgan fingerprint density at radius 3 is 2.61 bits per heavy atom. The molecule has 0 aliphatic carbocycles. The lowest BCUT2D eigenvalue weighted by molar-refractivity contribution is -0.0482. The molecule has 5 rings (SSSR count). The number of benzene rings is 1.